The molecule has 1 fully saturated rings. The molecule has 2 aromatic heterocycles. The Morgan fingerprint density at radius 2 is 2.12 bits per heavy atom. The number of piperidine rings is 1. The van der Waals surface area contributed by atoms with Gasteiger partial charge in [0.05, 0.1) is 29.0 Å². The van der Waals surface area contributed by atoms with Crippen molar-refractivity contribution in [2.45, 2.75) is 37.3 Å². The molecule has 1 saturated heterocycles. The van der Waals surface area contributed by atoms with Crippen molar-refractivity contribution < 1.29 is 22.7 Å². The Morgan fingerprint density at radius 1 is 1.33 bits per heavy atom. The van der Waals surface area contributed by atoms with Crippen LogP contribution in [0.3, 0.4) is 0 Å². The van der Waals surface area contributed by atoms with Crippen LogP contribution >= 0.6 is 11.3 Å². The fourth-order valence-corrected chi connectivity index (χ4v) is 5.33. The number of hydrogen-bond donors (Lipinski definition) is 2. The van der Waals surface area contributed by atoms with Crippen molar-refractivity contribution in [3.8, 4) is 0 Å². The second kappa shape index (κ2) is 9.44. The van der Waals surface area contributed by atoms with E-state index in [1.807, 2.05) is 11.9 Å². The summed E-state index contributed by atoms with van der Waals surface area (Å²) in [4.78, 5) is 2.34. The molecule has 178 valence electrons. The van der Waals surface area contributed by atoms with Crippen molar-refractivity contribution in [1.29, 1.82) is 0 Å². The molecule has 3 atom stereocenters. The lowest BCUT2D eigenvalue weighted by atomic mass is 10.0. The Labute approximate surface area is 193 Å². The van der Waals surface area contributed by atoms with E-state index in [-0.39, 0.29) is 5.56 Å². The summed E-state index contributed by atoms with van der Waals surface area (Å²) in [6.45, 7) is 1.07. The molecule has 3 aromatic rings. The largest absolute Gasteiger partial charge is 0.393 e. The van der Waals surface area contributed by atoms with Crippen molar-refractivity contribution in [1.82, 2.24) is 14.7 Å². The maximum absolute atomic E-state index is 14.6. The lowest BCUT2D eigenvalue weighted by Gasteiger charge is -2.33. The molecule has 1 aliphatic rings. The number of likely N-dealkylation sites (tertiary alicyclic amines) is 1. The molecule has 0 aliphatic carbocycles. The van der Waals surface area contributed by atoms with E-state index >= 15 is 0 Å². The van der Waals surface area contributed by atoms with Gasteiger partial charge in [0, 0.05) is 36.8 Å². The molecular weight excluding hydrogens is 456 g/mol. The van der Waals surface area contributed by atoms with Gasteiger partial charge in [0.2, 0.25) is 0 Å². The Morgan fingerprint density at radius 3 is 2.79 bits per heavy atom. The first-order chi connectivity index (χ1) is 15.6. The SMILES string of the molecule is CN1CC[C@@H](Nc2cccc3c(CC(F)(F)F)c(/C=C/C(O)c4cnn(C)c4)sc23)[C@@H](F)C1. The van der Waals surface area contributed by atoms with Crippen LogP contribution < -0.4 is 5.32 Å². The fourth-order valence-electron chi connectivity index (χ4n) is 4.12. The summed E-state index contributed by atoms with van der Waals surface area (Å²) in [5.41, 5.74) is 1.33. The first kappa shape index (κ1) is 23.7. The van der Waals surface area contributed by atoms with Crippen LogP contribution in [0.1, 0.15) is 28.5 Å². The van der Waals surface area contributed by atoms with Crippen molar-refractivity contribution in [2.24, 2.45) is 7.05 Å². The maximum Gasteiger partial charge on any atom is 0.393 e. The van der Waals surface area contributed by atoms with E-state index in [1.54, 1.807) is 36.1 Å². The summed E-state index contributed by atoms with van der Waals surface area (Å²) in [5.74, 6) is 0. The second-order valence-electron chi connectivity index (χ2n) is 8.49. The molecular formula is C23H26F4N4OS. The van der Waals surface area contributed by atoms with Gasteiger partial charge in [-0.15, -0.1) is 11.3 Å². The van der Waals surface area contributed by atoms with Gasteiger partial charge in [-0.3, -0.25) is 4.68 Å². The van der Waals surface area contributed by atoms with E-state index in [4.69, 9.17) is 0 Å². The van der Waals surface area contributed by atoms with Crippen LogP contribution in [-0.2, 0) is 13.5 Å². The molecule has 2 N–H and O–H groups in total. The third-order valence-corrected chi connectivity index (χ3v) is 7.05. The van der Waals surface area contributed by atoms with Gasteiger partial charge in [-0.1, -0.05) is 18.2 Å². The zero-order valence-electron chi connectivity index (χ0n) is 18.3. The average Bonchev–Trinajstić information content (AvgIpc) is 3.32. The van der Waals surface area contributed by atoms with E-state index in [0.29, 0.717) is 39.2 Å². The predicted octanol–water partition coefficient (Wildman–Crippen LogP) is 4.94. The summed E-state index contributed by atoms with van der Waals surface area (Å²) in [5, 5.41) is 18.1. The third-order valence-electron chi connectivity index (χ3n) is 5.81. The van der Waals surface area contributed by atoms with E-state index in [0.717, 1.165) is 6.54 Å². The minimum atomic E-state index is -4.39. The summed E-state index contributed by atoms with van der Waals surface area (Å²) in [6.07, 6.45) is -0.780. The lowest BCUT2D eigenvalue weighted by molar-refractivity contribution is -0.126. The number of nitrogens with one attached hydrogen (secondary N) is 1. The van der Waals surface area contributed by atoms with E-state index < -0.39 is 30.9 Å². The molecule has 5 nitrogen and oxygen atoms in total. The van der Waals surface area contributed by atoms with E-state index in [1.165, 1.54) is 29.7 Å². The molecule has 0 bridgehead atoms. The number of rotatable bonds is 6. The normalized spacial score (nSPS) is 21.2. The molecule has 0 amide bonds. The second-order valence-corrected chi connectivity index (χ2v) is 9.54. The van der Waals surface area contributed by atoms with Gasteiger partial charge in [0.1, 0.15) is 12.3 Å². The monoisotopic (exact) mass is 482 g/mol. The number of anilines is 1. The predicted molar refractivity (Wildman–Crippen MR) is 123 cm³/mol. The molecule has 1 aromatic carbocycles. The van der Waals surface area contributed by atoms with Crippen LogP contribution in [0, 0.1) is 0 Å². The van der Waals surface area contributed by atoms with Crippen LogP contribution in [0.25, 0.3) is 16.2 Å². The minimum Gasteiger partial charge on any atom is -0.384 e. The van der Waals surface area contributed by atoms with Gasteiger partial charge >= 0.3 is 6.18 Å². The van der Waals surface area contributed by atoms with E-state index in [2.05, 4.69) is 10.4 Å². The van der Waals surface area contributed by atoms with Gasteiger partial charge in [-0.25, -0.2) is 4.39 Å². The number of aromatic nitrogens is 2. The van der Waals surface area contributed by atoms with Crippen molar-refractivity contribution >= 4 is 33.2 Å². The smallest absolute Gasteiger partial charge is 0.384 e. The number of fused-ring (bicyclic) bond motifs is 1. The fraction of sp³-hybridized carbons (Fsp3) is 0.435. The molecule has 0 saturated carbocycles. The van der Waals surface area contributed by atoms with Gasteiger partial charge in [-0.05, 0) is 36.6 Å². The molecule has 4 rings (SSSR count). The van der Waals surface area contributed by atoms with Crippen LogP contribution in [0.4, 0.5) is 23.2 Å². The number of alkyl halides is 4. The molecule has 0 radical (unpaired) electrons. The van der Waals surface area contributed by atoms with Crippen molar-refractivity contribution in [3.63, 3.8) is 0 Å². The highest BCUT2D eigenvalue weighted by molar-refractivity contribution is 7.20. The lowest BCUT2D eigenvalue weighted by Crippen LogP contribution is -2.46. The number of aliphatic hydroxyl groups excluding tert-OH is 1. The standard InChI is InChI=1S/C23H26F4N4OS/c1-30-9-8-18(17(24)13-30)29-19-5-3-4-15-16(10-23(25,26)27)21(33-22(15)19)7-6-20(32)14-11-28-31(2)12-14/h3-7,11-12,17-18,20,29,32H,8-10,13H2,1-2H3/b7-6+/t17-,18+,20?/m0/s1. The van der Waals surface area contributed by atoms with Crippen molar-refractivity contribution in [2.75, 3.05) is 25.5 Å². The Balaban J connectivity index is 1.69. The molecule has 0 spiro atoms. The minimum absolute atomic E-state index is 0.154. The maximum atomic E-state index is 14.6. The number of benzene rings is 1. The molecule has 33 heavy (non-hydrogen) atoms. The topological polar surface area (TPSA) is 53.3 Å². The molecule has 10 heteroatoms. The Hall–Kier alpha value is -2.43. The quantitative estimate of drug-likeness (QED) is 0.489. The third kappa shape index (κ3) is 5.56. The molecule has 1 unspecified atom stereocenters. The highest BCUT2D eigenvalue weighted by Crippen LogP contribution is 2.40. The first-order valence-corrected chi connectivity index (χ1v) is 11.5. The van der Waals surface area contributed by atoms with Gasteiger partial charge < -0.3 is 15.3 Å². The summed E-state index contributed by atoms with van der Waals surface area (Å²) in [6, 6.07) is 4.73. The van der Waals surface area contributed by atoms with Crippen LogP contribution in [-0.4, -0.2) is 58.3 Å². The first-order valence-electron chi connectivity index (χ1n) is 10.7. The van der Waals surface area contributed by atoms with Gasteiger partial charge in [0.15, 0.2) is 0 Å². The summed E-state index contributed by atoms with van der Waals surface area (Å²) in [7, 11) is 3.58. The summed E-state index contributed by atoms with van der Waals surface area (Å²) < 4.78 is 57.0. The Bertz CT molecular complexity index is 1140. The number of aliphatic hydroxyl groups is 1. The number of hydrogen-bond acceptors (Lipinski definition) is 5. The van der Waals surface area contributed by atoms with Crippen LogP contribution in [0.2, 0.25) is 0 Å². The number of halogens is 4. The number of nitrogens with zero attached hydrogens (tertiary/aromatic N) is 3. The molecule has 1 aliphatic heterocycles. The highest BCUT2D eigenvalue weighted by atomic mass is 32.1. The zero-order valence-corrected chi connectivity index (χ0v) is 19.1. The van der Waals surface area contributed by atoms with Crippen LogP contribution in [0.15, 0.2) is 36.7 Å². The number of thiophene rings is 1. The Kier molecular flexibility index (Phi) is 6.78. The average molecular weight is 483 g/mol. The summed E-state index contributed by atoms with van der Waals surface area (Å²) >= 11 is 1.21. The van der Waals surface area contributed by atoms with Crippen LogP contribution in [0.5, 0.6) is 0 Å². The molecule has 3 heterocycles. The zero-order chi connectivity index (χ0) is 23.8. The van der Waals surface area contributed by atoms with E-state index in [9.17, 15) is 22.7 Å². The van der Waals surface area contributed by atoms with Gasteiger partial charge in [0.25, 0.3) is 0 Å². The van der Waals surface area contributed by atoms with Crippen molar-refractivity contribution in [3.05, 3.63) is 52.7 Å². The highest BCUT2D eigenvalue weighted by Gasteiger charge is 2.32. The van der Waals surface area contributed by atoms with Gasteiger partial charge in [-0.2, -0.15) is 18.3 Å². The number of aryl methyl sites for hydroxylation is 1.